The third-order valence-corrected chi connectivity index (χ3v) is 4.68. The Morgan fingerprint density at radius 1 is 0.846 bits per heavy atom. The van der Waals surface area contributed by atoms with Gasteiger partial charge in [0.05, 0.1) is 21.9 Å². The van der Waals surface area contributed by atoms with Gasteiger partial charge in [-0.15, -0.1) is 0 Å². The summed E-state index contributed by atoms with van der Waals surface area (Å²) in [4.78, 5) is 0. The molecule has 0 unspecified atom stereocenters. The van der Waals surface area contributed by atoms with Crippen LogP contribution in [0.1, 0.15) is 11.1 Å². The molecule has 3 aromatic carbocycles. The molecule has 0 atom stereocenters. The lowest BCUT2D eigenvalue weighted by molar-refractivity contribution is 0.306. The van der Waals surface area contributed by atoms with Gasteiger partial charge in [0.2, 0.25) is 0 Å². The number of hydrogen-bond acceptors (Lipinski definition) is 3. The van der Waals surface area contributed by atoms with Gasteiger partial charge in [-0.1, -0.05) is 65.1 Å². The fraction of sp³-hybridized carbons (Fsp3) is 0.0500. The highest BCUT2D eigenvalue weighted by Gasteiger charge is 2.04. The van der Waals surface area contributed by atoms with Crippen LogP contribution >= 0.6 is 34.8 Å². The summed E-state index contributed by atoms with van der Waals surface area (Å²) in [7, 11) is 0. The van der Waals surface area contributed by atoms with Crippen LogP contribution in [0.15, 0.2) is 71.8 Å². The van der Waals surface area contributed by atoms with Crippen molar-refractivity contribution in [2.75, 3.05) is 5.43 Å². The van der Waals surface area contributed by atoms with Crippen LogP contribution in [0.5, 0.6) is 5.75 Å². The monoisotopic (exact) mass is 404 g/mol. The maximum Gasteiger partial charge on any atom is 0.128 e. The zero-order valence-electron chi connectivity index (χ0n) is 13.6. The van der Waals surface area contributed by atoms with Gasteiger partial charge in [0.15, 0.2) is 0 Å². The summed E-state index contributed by atoms with van der Waals surface area (Å²) < 4.78 is 5.90. The molecule has 0 heterocycles. The number of hydrazone groups is 1. The maximum absolute atomic E-state index is 6.17. The molecule has 0 radical (unpaired) electrons. The Morgan fingerprint density at radius 2 is 1.62 bits per heavy atom. The molecule has 26 heavy (non-hydrogen) atoms. The topological polar surface area (TPSA) is 33.6 Å². The van der Waals surface area contributed by atoms with E-state index in [9.17, 15) is 0 Å². The Labute approximate surface area is 167 Å². The average Bonchev–Trinajstić information content (AvgIpc) is 2.65. The molecule has 0 aromatic heterocycles. The summed E-state index contributed by atoms with van der Waals surface area (Å²) in [6.45, 7) is 0.380. The van der Waals surface area contributed by atoms with E-state index in [0.717, 1.165) is 16.8 Å². The molecule has 3 nitrogen and oxygen atoms in total. The lowest BCUT2D eigenvalue weighted by atomic mass is 10.2. The zero-order chi connectivity index (χ0) is 18.4. The van der Waals surface area contributed by atoms with E-state index in [0.29, 0.717) is 27.4 Å². The first-order chi connectivity index (χ1) is 12.6. The standard InChI is InChI=1S/C20H15Cl3N2O/c21-17-7-3-1-6-15(17)13-26-20-8-4-2-5-14(20)12-24-25-16-9-10-18(22)19(23)11-16/h1-12,25H,13H2. The van der Waals surface area contributed by atoms with Crippen molar-refractivity contribution in [2.45, 2.75) is 6.61 Å². The Bertz CT molecular complexity index is 928. The van der Waals surface area contributed by atoms with E-state index in [-0.39, 0.29) is 0 Å². The van der Waals surface area contributed by atoms with Gasteiger partial charge in [-0.2, -0.15) is 5.10 Å². The number of ether oxygens (including phenoxy) is 1. The van der Waals surface area contributed by atoms with Gasteiger partial charge in [0, 0.05) is 16.1 Å². The van der Waals surface area contributed by atoms with Crippen molar-refractivity contribution in [3.63, 3.8) is 0 Å². The second kappa shape index (κ2) is 8.95. The third-order valence-electron chi connectivity index (χ3n) is 3.58. The van der Waals surface area contributed by atoms with Crippen molar-refractivity contribution in [2.24, 2.45) is 5.10 Å². The Kier molecular flexibility index (Phi) is 6.40. The Hall–Kier alpha value is -2.20. The van der Waals surface area contributed by atoms with E-state index in [1.807, 2.05) is 48.5 Å². The van der Waals surface area contributed by atoms with Crippen molar-refractivity contribution < 1.29 is 4.74 Å². The number of rotatable bonds is 6. The molecule has 0 aliphatic rings. The van der Waals surface area contributed by atoms with Crippen molar-refractivity contribution >= 4 is 46.7 Å². The van der Waals surface area contributed by atoms with Crippen molar-refractivity contribution in [1.29, 1.82) is 0 Å². The molecule has 3 aromatic rings. The summed E-state index contributed by atoms with van der Waals surface area (Å²) in [5, 5.41) is 5.88. The third kappa shape index (κ3) is 4.92. The summed E-state index contributed by atoms with van der Waals surface area (Å²) in [5.74, 6) is 0.715. The van der Waals surface area contributed by atoms with Crippen molar-refractivity contribution in [3.05, 3.63) is 92.9 Å². The van der Waals surface area contributed by atoms with Gasteiger partial charge >= 0.3 is 0 Å². The SMILES string of the molecule is Clc1ccc(NN=Cc2ccccc2OCc2ccccc2Cl)cc1Cl. The van der Waals surface area contributed by atoms with Crippen molar-refractivity contribution in [3.8, 4) is 5.75 Å². The van der Waals surface area contributed by atoms with Crippen LogP contribution in [0.2, 0.25) is 15.1 Å². The minimum absolute atomic E-state index is 0.380. The molecular formula is C20H15Cl3N2O. The second-order valence-electron chi connectivity index (χ2n) is 5.42. The van der Waals surface area contributed by atoms with Crippen LogP contribution in [-0.2, 0) is 6.61 Å². The number of halogens is 3. The summed E-state index contributed by atoms with van der Waals surface area (Å²) in [5.41, 5.74) is 5.43. The van der Waals surface area contributed by atoms with E-state index >= 15 is 0 Å². The van der Waals surface area contributed by atoms with Crippen LogP contribution < -0.4 is 10.2 Å². The minimum atomic E-state index is 0.380. The fourth-order valence-electron chi connectivity index (χ4n) is 2.23. The average molecular weight is 406 g/mol. The van der Waals surface area contributed by atoms with Gasteiger partial charge in [-0.05, 0) is 36.4 Å². The first kappa shape index (κ1) is 18.6. The summed E-state index contributed by atoms with van der Waals surface area (Å²) in [6.07, 6.45) is 1.68. The van der Waals surface area contributed by atoms with Gasteiger partial charge in [0.1, 0.15) is 12.4 Å². The highest BCUT2D eigenvalue weighted by Crippen LogP contribution is 2.25. The first-order valence-electron chi connectivity index (χ1n) is 7.83. The number of para-hydroxylation sites is 1. The van der Waals surface area contributed by atoms with Gasteiger partial charge in [0.25, 0.3) is 0 Å². The van der Waals surface area contributed by atoms with Crippen LogP contribution in [0.25, 0.3) is 0 Å². The van der Waals surface area contributed by atoms with Crippen LogP contribution in [0, 0.1) is 0 Å². The van der Waals surface area contributed by atoms with Crippen LogP contribution in [0.3, 0.4) is 0 Å². The predicted octanol–water partition coefficient (Wildman–Crippen LogP) is 6.67. The lowest BCUT2D eigenvalue weighted by Crippen LogP contribution is -1.99. The molecule has 3 rings (SSSR count). The molecule has 0 bridgehead atoms. The highest BCUT2D eigenvalue weighted by atomic mass is 35.5. The number of benzene rings is 3. The van der Waals surface area contributed by atoms with E-state index in [1.54, 1.807) is 24.4 Å². The molecule has 6 heteroatoms. The molecule has 0 saturated heterocycles. The van der Waals surface area contributed by atoms with E-state index in [1.165, 1.54) is 0 Å². The normalized spacial score (nSPS) is 10.9. The molecule has 0 fully saturated rings. The number of nitrogens with zero attached hydrogens (tertiary/aromatic N) is 1. The van der Waals surface area contributed by atoms with Crippen molar-refractivity contribution in [1.82, 2.24) is 0 Å². The first-order valence-corrected chi connectivity index (χ1v) is 8.96. The molecule has 0 aliphatic carbocycles. The Balaban J connectivity index is 1.68. The largest absolute Gasteiger partial charge is 0.488 e. The quantitative estimate of drug-likeness (QED) is 0.367. The summed E-state index contributed by atoms with van der Waals surface area (Å²) >= 11 is 18.1. The predicted molar refractivity (Wildman–Crippen MR) is 110 cm³/mol. The number of anilines is 1. The number of hydrogen-bond donors (Lipinski definition) is 1. The molecular weight excluding hydrogens is 391 g/mol. The molecule has 0 aliphatic heterocycles. The summed E-state index contributed by atoms with van der Waals surface area (Å²) in [6, 6.07) is 20.4. The maximum atomic E-state index is 6.17. The highest BCUT2D eigenvalue weighted by molar-refractivity contribution is 6.42. The second-order valence-corrected chi connectivity index (χ2v) is 6.64. The molecule has 132 valence electrons. The molecule has 1 N–H and O–H groups in total. The molecule has 0 saturated carbocycles. The minimum Gasteiger partial charge on any atom is -0.488 e. The van der Waals surface area contributed by atoms with E-state index in [2.05, 4.69) is 10.5 Å². The fourth-order valence-corrected chi connectivity index (χ4v) is 2.72. The van der Waals surface area contributed by atoms with E-state index < -0.39 is 0 Å². The number of nitrogens with one attached hydrogen (secondary N) is 1. The van der Waals surface area contributed by atoms with Crippen LogP contribution in [0.4, 0.5) is 5.69 Å². The van der Waals surface area contributed by atoms with Gasteiger partial charge in [-0.3, -0.25) is 5.43 Å². The molecule has 0 spiro atoms. The Morgan fingerprint density at radius 3 is 2.42 bits per heavy atom. The van der Waals surface area contributed by atoms with Crippen LogP contribution in [-0.4, -0.2) is 6.21 Å². The molecule has 0 amide bonds. The van der Waals surface area contributed by atoms with E-state index in [4.69, 9.17) is 39.5 Å². The smallest absolute Gasteiger partial charge is 0.128 e. The zero-order valence-corrected chi connectivity index (χ0v) is 15.9. The van der Waals surface area contributed by atoms with Gasteiger partial charge < -0.3 is 4.74 Å². The lowest BCUT2D eigenvalue weighted by Gasteiger charge is -2.10. The van der Waals surface area contributed by atoms with Gasteiger partial charge in [-0.25, -0.2) is 0 Å².